The second-order valence-electron chi connectivity index (χ2n) is 4.72. The Kier molecular flexibility index (Phi) is 4.17. The normalized spacial score (nSPS) is 17.4. The number of carbonyl (C=O) groups is 2. The van der Waals surface area contributed by atoms with E-state index in [0.29, 0.717) is 13.0 Å². The molecule has 0 aromatic heterocycles. The average molecular weight is 301 g/mol. The van der Waals surface area contributed by atoms with Gasteiger partial charge in [0.25, 0.3) is 0 Å². The van der Waals surface area contributed by atoms with Gasteiger partial charge in [-0.2, -0.15) is 13.2 Å². The number of anilines is 1. The van der Waals surface area contributed by atoms with Crippen LogP contribution >= 0.6 is 0 Å². The molecule has 1 aromatic rings. The second-order valence-corrected chi connectivity index (χ2v) is 4.72. The third-order valence-corrected chi connectivity index (χ3v) is 3.17. The third kappa shape index (κ3) is 3.72. The molecular formula is C13H14F3N3O2. The van der Waals surface area contributed by atoms with Gasteiger partial charge in [-0.3, -0.25) is 15.0 Å². The van der Waals surface area contributed by atoms with E-state index in [4.69, 9.17) is 0 Å². The topological polar surface area (TPSA) is 61.4 Å². The van der Waals surface area contributed by atoms with Crippen molar-refractivity contribution >= 4 is 17.5 Å². The third-order valence-electron chi connectivity index (χ3n) is 3.17. The lowest BCUT2D eigenvalue weighted by Gasteiger charge is -2.22. The summed E-state index contributed by atoms with van der Waals surface area (Å²) in [6.07, 6.45) is -4.09. The van der Waals surface area contributed by atoms with Crippen LogP contribution in [-0.2, 0) is 15.8 Å². The Bertz CT molecular complexity index is 543. The molecule has 2 rings (SSSR count). The van der Waals surface area contributed by atoms with Crippen molar-refractivity contribution in [3.8, 4) is 0 Å². The maximum Gasteiger partial charge on any atom is 0.416 e. The summed E-state index contributed by atoms with van der Waals surface area (Å²) in [5.41, 5.74) is 2.03. The number of amides is 2. The molecule has 1 saturated heterocycles. The van der Waals surface area contributed by atoms with Crippen LogP contribution in [0.15, 0.2) is 24.3 Å². The summed E-state index contributed by atoms with van der Waals surface area (Å²) >= 11 is 0. The Balaban J connectivity index is 1.98. The van der Waals surface area contributed by atoms with Gasteiger partial charge in [0.05, 0.1) is 5.56 Å². The molecule has 2 N–H and O–H groups in total. The highest BCUT2D eigenvalue weighted by atomic mass is 19.4. The number of alkyl halides is 3. The van der Waals surface area contributed by atoms with Crippen LogP contribution < -0.4 is 10.7 Å². The second kappa shape index (κ2) is 5.72. The van der Waals surface area contributed by atoms with Crippen molar-refractivity contribution in [2.24, 2.45) is 0 Å². The summed E-state index contributed by atoms with van der Waals surface area (Å²) in [4.78, 5) is 23.0. The number of hydrazine groups is 1. The molecule has 5 nitrogen and oxygen atoms in total. The molecule has 0 saturated carbocycles. The lowest BCUT2D eigenvalue weighted by Crippen LogP contribution is -2.46. The number of hydrogen-bond donors (Lipinski definition) is 2. The van der Waals surface area contributed by atoms with E-state index in [1.807, 2.05) is 0 Å². The number of benzene rings is 1. The van der Waals surface area contributed by atoms with Crippen LogP contribution in [0, 0.1) is 0 Å². The van der Waals surface area contributed by atoms with Gasteiger partial charge in [0.2, 0.25) is 11.8 Å². The summed E-state index contributed by atoms with van der Waals surface area (Å²) < 4.78 is 37.3. The van der Waals surface area contributed by atoms with Gasteiger partial charge in [-0.15, -0.1) is 0 Å². The molecule has 8 heteroatoms. The number of carbonyl (C=O) groups excluding carboxylic acids is 2. The first-order chi connectivity index (χ1) is 9.77. The van der Waals surface area contributed by atoms with Gasteiger partial charge in [0.1, 0.15) is 6.04 Å². The Hall–Kier alpha value is -2.09. The monoisotopic (exact) mass is 301 g/mol. The number of nitrogens with one attached hydrogen (secondary N) is 2. The van der Waals surface area contributed by atoms with Crippen LogP contribution in [0.25, 0.3) is 0 Å². The van der Waals surface area contributed by atoms with E-state index in [1.54, 1.807) is 6.92 Å². The summed E-state index contributed by atoms with van der Waals surface area (Å²) in [6, 6.07) is 3.57. The van der Waals surface area contributed by atoms with Gasteiger partial charge in [0.15, 0.2) is 0 Å². The summed E-state index contributed by atoms with van der Waals surface area (Å²) in [5.74, 6) is -0.568. The lowest BCUT2D eigenvalue weighted by molar-refractivity contribution is -0.137. The predicted molar refractivity (Wildman–Crippen MR) is 69.0 cm³/mol. The first-order valence-corrected chi connectivity index (χ1v) is 6.31. The van der Waals surface area contributed by atoms with Gasteiger partial charge in [-0.25, -0.2) is 5.01 Å². The Morgan fingerprint density at radius 3 is 2.43 bits per heavy atom. The van der Waals surface area contributed by atoms with Crippen LogP contribution in [0.3, 0.4) is 0 Å². The van der Waals surface area contributed by atoms with E-state index in [9.17, 15) is 22.8 Å². The molecule has 0 aliphatic carbocycles. The lowest BCUT2D eigenvalue weighted by atomic mass is 10.2. The van der Waals surface area contributed by atoms with Gasteiger partial charge < -0.3 is 5.32 Å². The van der Waals surface area contributed by atoms with Crippen molar-refractivity contribution in [2.75, 3.05) is 11.9 Å². The van der Waals surface area contributed by atoms with E-state index in [1.165, 1.54) is 17.1 Å². The zero-order valence-corrected chi connectivity index (χ0v) is 11.2. The van der Waals surface area contributed by atoms with Crippen LogP contribution in [0.2, 0.25) is 0 Å². The van der Waals surface area contributed by atoms with Crippen LogP contribution in [0.5, 0.6) is 0 Å². The van der Waals surface area contributed by atoms with Crippen molar-refractivity contribution < 1.29 is 22.8 Å². The molecule has 1 aromatic carbocycles. The molecule has 1 unspecified atom stereocenters. The van der Waals surface area contributed by atoms with Crippen molar-refractivity contribution in [3.05, 3.63) is 29.8 Å². The highest BCUT2D eigenvalue weighted by Gasteiger charge is 2.30. The standard InChI is InChI=1S/C13H14F3N3O2/c1-8(19-7-6-11(20)18-19)12(21)17-10-4-2-9(3-5-10)13(14,15)16/h2-5,8H,6-7H2,1H3,(H,17,21)(H,18,20). The fraction of sp³-hybridized carbons (Fsp3) is 0.385. The van der Waals surface area contributed by atoms with Crippen molar-refractivity contribution in [1.29, 1.82) is 0 Å². The molecule has 1 aliphatic heterocycles. The maximum atomic E-state index is 12.4. The van der Waals surface area contributed by atoms with E-state index in [0.717, 1.165) is 12.1 Å². The average Bonchev–Trinajstić information content (AvgIpc) is 2.84. The Morgan fingerprint density at radius 2 is 1.95 bits per heavy atom. The molecule has 1 heterocycles. The van der Waals surface area contributed by atoms with Crippen LogP contribution in [0.4, 0.5) is 18.9 Å². The highest BCUT2D eigenvalue weighted by molar-refractivity contribution is 5.95. The molecule has 0 radical (unpaired) electrons. The van der Waals surface area contributed by atoms with E-state index >= 15 is 0 Å². The molecule has 2 amide bonds. The van der Waals surface area contributed by atoms with Crippen molar-refractivity contribution in [1.82, 2.24) is 10.4 Å². The van der Waals surface area contributed by atoms with Gasteiger partial charge in [-0.05, 0) is 31.2 Å². The Labute approximate surface area is 119 Å². The van der Waals surface area contributed by atoms with Crippen LogP contribution in [-0.4, -0.2) is 29.4 Å². The fourth-order valence-corrected chi connectivity index (χ4v) is 1.92. The zero-order valence-electron chi connectivity index (χ0n) is 11.2. The summed E-state index contributed by atoms with van der Waals surface area (Å²) in [7, 11) is 0. The van der Waals surface area contributed by atoms with Crippen molar-refractivity contribution in [3.63, 3.8) is 0 Å². The predicted octanol–water partition coefficient (Wildman–Crippen LogP) is 1.77. The van der Waals surface area contributed by atoms with Crippen LogP contribution in [0.1, 0.15) is 18.9 Å². The Morgan fingerprint density at radius 1 is 1.33 bits per heavy atom. The molecular weight excluding hydrogens is 287 g/mol. The number of halogens is 3. The number of nitrogens with zero attached hydrogens (tertiary/aromatic N) is 1. The van der Waals surface area contributed by atoms with E-state index < -0.39 is 23.7 Å². The minimum atomic E-state index is -4.41. The minimum absolute atomic E-state index is 0.163. The molecule has 114 valence electrons. The summed E-state index contributed by atoms with van der Waals surface area (Å²) in [6.45, 7) is 2.02. The minimum Gasteiger partial charge on any atom is -0.325 e. The van der Waals surface area contributed by atoms with Gasteiger partial charge >= 0.3 is 6.18 Å². The van der Waals surface area contributed by atoms with Crippen molar-refractivity contribution in [2.45, 2.75) is 25.6 Å². The molecule has 21 heavy (non-hydrogen) atoms. The maximum absolute atomic E-state index is 12.4. The molecule has 1 aliphatic rings. The van der Waals surface area contributed by atoms with Gasteiger partial charge in [-0.1, -0.05) is 0 Å². The zero-order chi connectivity index (χ0) is 15.6. The number of rotatable bonds is 3. The highest BCUT2D eigenvalue weighted by Crippen LogP contribution is 2.29. The molecule has 1 fully saturated rings. The SMILES string of the molecule is CC(C(=O)Nc1ccc(C(F)(F)F)cc1)N1CCC(=O)N1. The molecule has 1 atom stereocenters. The molecule has 0 spiro atoms. The van der Waals surface area contributed by atoms with E-state index in [2.05, 4.69) is 10.7 Å². The van der Waals surface area contributed by atoms with Gasteiger partial charge in [0, 0.05) is 18.7 Å². The quantitative estimate of drug-likeness (QED) is 0.894. The fourth-order valence-electron chi connectivity index (χ4n) is 1.92. The first-order valence-electron chi connectivity index (χ1n) is 6.31. The van der Waals surface area contributed by atoms with E-state index in [-0.39, 0.29) is 11.6 Å². The smallest absolute Gasteiger partial charge is 0.325 e. The summed E-state index contributed by atoms with van der Waals surface area (Å²) in [5, 5.41) is 4.00. The molecule has 0 bridgehead atoms. The first kappa shape index (κ1) is 15.3. The largest absolute Gasteiger partial charge is 0.416 e. The number of hydrogen-bond acceptors (Lipinski definition) is 3.